The highest BCUT2D eigenvalue weighted by Gasteiger charge is 2.27. The first-order valence-corrected chi connectivity index (χ1v) is 8.22. The molecule has 1 fully saturated rings. The Hall–Kier alpha value is -2.73. The molecule has 0 aliphatic heterocycles. The van der Waals surface area contributed by atoms with Crippen LogP contribution >= 0.6 is 11.3 Å². The molecule has 0 aromatic carbocycles. The Bertz CT molecular complexity index is 955. The van der Waals surface area contributed by atoms with Gasteiger partial charge in [-0.25, -0.2) is 14.3 Å². The monoisotopic (exact) mass is 345 g/mol. The molecule has 0 spiro atoms. The van der Waals surface area contributed by atoms with E-state index in [1.807, 2.05) is 13.8 Å². The number of nitriles is 1. The zero-order chi connectivity index (χ0) is 17.4. The number of aryl methyl sites for hydroxylation is 2. The number of carbonyl (C=O) groups is 1. The van der Waals surface area contributed by atoms with Gasteiger partial charge in [0.1, 0.15) is 18.2 Å². The summed E-state index contributed by atoms with van der Waals surface area (Å²) in [4.78, 5) is 41.9. The van der Waals surface area contributed by atoms with Crippen LogP contribution < -0.4 is 16.6 Å². The van der Waals surface area contributed by atoms with E-state index in [2.05, 4.69) is 10.3 Å². The molecule has 0 bridgehead atoms. The second-order valence-electron chi connectivity index (χ2n) is 5.68. The summed E-state index contributed by atoms with van der Waals surface area (Å²) < 4.78 is 2.17. The molecule has 0 radical (unpaired) electrons. The van der Waals surface area contributed by atoms with Gasteiger partial charge < -0.3 is 5.32 Å². The molecular formula is C15H15N5O3S. The van der Waals surface area contributed by atoms with Crippen LogP contribution in [0.25, 0.3) is 0 Å². The second-order valence-corrected chi connectivity index (χ2v) is 6.88. The van der Waals surface area contributed by atoms with Crippen LogP contribution in [0, 0.1) is 25.2 Å². The lowest BCUT2D eigenvalue weighted by molar-refractivity contribution is -0.116. The molecule has 3 rings (SSSR count). The van der Waals surface area contributed by atoms with Crippen molar-refractivity contribution in [2.75, 3.05) is 5.32 Å². The minimum atomic E-state index is -0.749. The van der Waals surface area contributed by atoms with Crippen LogP contribution in [0.4, 0.5) is 5.13 Å². The van der Waals surface area contributed by atoms with Crippen molar-refractivity contribution in [2.24, 2.45) is 0 Å². The van der Waals surface area contributed by atoms with E-state index >= 15 is 0 Å². The largest absolute Gasteiger partial charge is 0.331 e. The summed E-state index contributed by atoms with van der Waals surface area (Å²) in [5.74, 6) is -0.527. The Kier molecular flexibility index (Phi) is 4.07. The predicted octanol–water partition coefficient (Wildman–Crippen LogP) is 0.929. The van der Waals surface area contributed by atoms with E-state index in [9.17, 15) is 14.4 Å². The first-order chi connectivity index (χ1) is 11.4. The minimum Gasteiger partial charge on any atom is -0.300 e. The fraction of sp³-hybridized carbons (Fsp3) is 0.400. The van der Waals surface area contributed by atoms with Crippen LogP contribution in [0.15, 0.2) is 15.8 Å². The van der Waals surface area contributed by atoms with Crippen LogP contribution in [0.1, 0.15) is 35.0 Å². The van der Waals surface area contributed by atoms with Crippen molar-refractivity contribution in [3.05, 3.63) is 43.2 Å². The zero-order valence-electron chi connectivity index (χ0n) is 13.2. The number of anilines is 1. The molecule has 2 aromatic rings. The molecule has 8 nitrogen and oxygen atoms in total. The zero-order valence-corrected chi connectivity index (χ0v) is 14.0. The van der Waals surface area contributed by atoms with Crippen molar-refractivity contribution >= 4 is 22.4 Å². The first kappa shape index (κ1) is 16.1. The smallest absolute Gasteiger partial charge is 0.300 e. The molecular weight excluding hydrogens is 330 g/mol. The Labute approximate surface area is 141 Å². The van der Waals surface area contributed by atoms with E-state index in [0.717, 1.165) is 28.0 Å². The van der Waals surface area contributed by atoms with Gasteiger partial charge in [0.05, 0.1) is 5.69 Å². The molecule has 1 saturated carbocycles. The number of aromatic nitrogens is 3. The standard InChI is InChI=1S/C15H15N5O3S/c1-8-9(2)24-14(17-8)18-12(21)7-20-13(22)10(5-16)6-19(15(20)23)11-3-4-11/h6,11H,3-4,7H2,1-2H3,(H,17,18,21). The van der Waals surface area contributed by atoms with E-state index < -0.39 is 23.7 Å². The van der Waals surface area contributed by atoms with Gasteiger partial charge in [0.2, 0.25) is 5.91 Å². The van der Waals surface area contributed by atoms with E-state index in [0.29, 0.717) is 5.13 Å². The Balaban J connectivity index is 1.90. The van der Waals surface area contributed by atoms with Gasteiger partial charge in [-0.1, -0.05) is 0 Å². The maximum atomic E-state index is 12.4. The highest BCUT2D eigenvalue weighted by Crippen LogP contribution is 2.33. The van der Waals surface area contributed by atoms with E-state index in [1.54, 1.807) is 6.07 Å². The van der Waals surface area contributed by atoms with Crippen molar-refractivity contribution in [2.45, 2.75) is 39.3 Å². The van der Waals surface area contributed by atoms with Crippen molar-refractivity contribution in [3.8, 4) is 6.07 Å². The van der Waals surface area contributed by atoms with Gasteiger partial charge in [-0.3, -0.25) is 14.2 Å². The van der Waals surface area contributed by atoms with Crippen LogP contribution in [-0.2, 0) is 11.3 Å². The van der Waals surface area contributed by atoms with Gasteiger partial charge in [-0.05, 0) is 26.7 Å². The molecule has 124 valence electrons. The van der Waals surface area contributed by atoms with Crippen molar-refractivity contribution in [3.63, 3.8) is 0 Å². The summed E-state index contributed by atoms with van der Waals surface area (Å²) in [6.07, 6.45) is 2.93. The Morgan fingerprint density at radius 1 is 1.46 bits per heavy atom. The highest BCUT2D eigenvalue weighted by atomic mass is 32.1. The predicted molar refractivity (Wildman–Crippen MR) is 88.2 cm³/mol. The third-order valence-corrected chi connectivity index (χ3v) is 4.82. The van der Waals surface area contributed by atoms with E-state index in [4.69, 9.17) is 5.26 Å². The molecule has 24 heavy (non-hydrogen) atoms. The first-order valence-electron chi connectivity index (χ1n) is 7.40. The average molecular weight is 345 g/mol. The lowest BCUT2D eigenvalue weighted by Gasteiger charge is -2.09. The molecule has 2 aromatic heterocycles. The topological polar surface area (TPSA) is 110 Å². The number of hydrogen-bond acceptors (Lipinski definition) is 6. The van der Waals surface area contributed by atoms with Crippen LogP contribution in [0.3, 0.4) is 0 Å². The van der Waals surface area contributed by atoms with Crippen LogP contribution in [-0.4, -0.2) is 20.0 Å². The fourth-order valence-electron chi connectivity index (χ4n) is 2.28. The molecule has 1 N–H and O–H groups in total. The summed E-state index contributed by atoms with van der Waals surface area (Å²) in [5.41, 5.74) is -0.644. The lowest BCUT2D eigenvalue weighted by Crippen LogP contribution is -2.43. The molecule has 2 heterocycles. The maximum absolute atomic E-state index is 12.4. The molecule has 1 amide bonds. The number of carbonyl (C=O) groups excluding carboxylic acids is 1. The van der Waals surface area contributed by atoms with Crippen molar-refractivity contribution < 1.29 is 4.79 Å². The SMILES string of the molecule is Cc1nc(NC(=O)Cn2c(=O)c(C#N)cn(C3CC3)c2=O)sc1C. The van der Waals surface area contributed by atoms with Crippen molar-refractivity contribution in [1.82, 2.24) is 14.1 Å². The minimum absolute atomic E-state index is 0.00349. The van der Waals surface area contributed by atoms with E-state index in [-0.39, 0.29) is 11.6 Å². The molecule has 0 atom stereocenters. The Morgan fingerprint density at radius 2 is 2.17 bits per heavy atom. The van der Waals surface area contributed by atoms with Gasteiger partial charge in [-0.15, -0.1) is 11.3 Å². The third kappa shape index (κ3) is 3.00. The number of hydrogen-bond donors (Lipinski definition) is 1. The normalized spacial score (nSPS) is 13.5. The summed E-state index contributed by atoms with van der Waals surface area (Å²) in [6.45, 7) is 3.27. The maximum Gasteiger partial charge on any atom is 0.331 e. The van der Waals surface area contributed by atoms with Crippen LogP contribution in [0.2, 0.25) is 0 Å². The molecule has 1 aliphatic rings. The highest BCUT2D eigenvalue weighted by molar-refractivity contribution is 7.15. The molecule has 1 aliphatic carbocycles. The summed E-state index contributed by atoms with van der Waals surface area (Å²) in [6, 6.07) is 1.79. The van der Waals surface area contributed by atoms with Crippen molar-refractivity contribution in [1.29, 1.82) is 5.26 Å². The second kappa shape index (κ2) is 6.05. The van der Waals surface area contributed by atoms with E-state index in [1.165, 1.54) is 22.1 Å². The van der Waals surface area contributed by atoms with Gasteiger partial charge >= 0.3 is 5.69 Å². The quantitative estimate of drug-likeness (QED) is 0.886. The number of amides is 1. The van der Waals surface area contributed by atoms with Crippen LogP contribution in [0.5, 0.6) is 0 Å². The lowest BCUT2D eigenvalue weighted by atomic mass is 10.3. The fourth-order valence-corrected chi connectivity index (χ4v) is 3.11. The van der Waals surface area contributed by atoms with Gasteiger partial charge in [0, 0.05) is 17.1 Å². The molecule has 0 unspecified atom stereocenters. The number of nitrogens with zero attached hydrogens (tertiary/aromatic N) is 4. The Morgan fingerprint density at radius 3 is 2.71 bits per heavy atom. The number of thiazole rings is 1. The molecule has 0 saturated heterocycles. The number of rotatable bonds is 4. The average Bonchev–Trinajstić information content (AvgIpc) is 3.31. The third-order valence-electron chi connectivity index (χ3n) is 3.83. The summed E-state index contributed by atoms with van der Waals surface area (Å²) >= 11 is 1.32. The summed E-state index contributed by atoms with van der Waals surface area (Å²) in [5, 5.41) is 12.1. The van der Waals surface area contributed by atoms with Gasteiger partial charge in [0.15, 0.2) is 5.13 Å². The summed E-state index contributed by atoms with van der Waals surface area (Å²) in [7, 11) is 0. The molecule has 9 heteroatoms. The van der Waals surface area contributed by atoms with Gasteiger partial charge in [0.25, 0.3) is 5.56 Å². The number of nitrogens with one attached hydrogen (secondary N) is 1. The van der Waals surface area contributed by atoms with Gasteiger partial charge in [-0.2, -0.15) is 5.26 Å².